The number of thiophene rings is 1. The van der Waals surface area contributed by atoms with Crippen LogP contribution in [0.25, 0.3) is 11.0 Å². The number of likely N-dealkylation sites (N-methyl/N-ethyl adjacent to an activating group) is 1. The molecule has 0 aliphatic heterocycles. The Hall–Kier alpha value is -2.44. The first-order valence-corrected chi connectivity index (χ1v) is 8.40. The van der Waals surface area contributed by atoms with E-state index >= 15 is 0 Å². The fourth-order valence-corrected chi connectivity index (χ4v) is 3.41. The van der Waals surface area contributed by atoms with Crippen molar-refractivity contribution in [1.82, 2.24) is 4.90 Å². The molecule has 1 unspecified atom stereocenters. The summed E-state index contributed by atoms with van der Waals surface area (Å²) in [4.78, 5) is 19.7. The summed E-state index contributed by atoms with van der Waals surface area (Å²) in [5.74, 6) is -0.0943. The number of para-hydroxylation sites is 1. The minimum absolute atomic E-state index is 0.0809. The molecular weight excluding hydrogens is 324 g/mol. The lowest BCUT2D eigenvalue weighted by Gasteiger charge is -2.21. The second-order valence-electron chi connectivity index (χ2n) is 5.64. The van der Waals surface area contributed by atoms with Gasteiger partial charge in [-0.2, -0.15) is 0 Å². The smallest absolute Gasteiger partial charge is 0.348 e. The molecule has 0 spiro atoms. The number of hydrogen-bond acceptors (Lipinski definition) is 6. The van der Waals surface area contributed by atoms with Gasteiger partial charge in [-0.1, -0.05) is 18.2 Å². The number of rotatable bonds is 5. The highest BCUT2D eigenvalue weighted by molar-refractivity contribution is 7.10. The maximum Gasteiger partial charge on any atom is 0.348 e. The van der Waals surface area contributed by atoms with E-state index in [1.807, 2.05) is 25.5 Å². The van der Waals surface area contributed by atoms with Gasteiger partial charge in [0.25, 0.3) is 0 Å². The molecule has 0 saturated heterocycles. The predicted octanol–water partition coefficient (Wildman–Crippen LogP) is 3.28. The Morgan fingerprint density at radius 2 is 2.08 bits per heavy atom. The first-order chi connectivity index (χ1) is 11.6. The molecule has 2 heterocycles. The Bertz CT molecular complexity index is 914. The van der Waals surface area contributed by atoms with E-state index in [4.69, 9.17) is 4.42 Å². The van der Waals surface area contributed by atoms with Crippen molar-refractivity contribution in [3.8, 4) is 5.75 Å². The number of nitrogens with zero attached hydrogens (tertiary/aromatic N) is 2. The Balaban J connectivity index is 1.89. The van der Waals surface area contributed by atoms with E-state index < -0.39 is 5.63 Å². The lowest BCUT2D eigenvalue weighted by atomic mass is 10.1. The molecule has 24 heavy (non-hydrogen) atoms. The number of hydrogen-bond donors (Lipinski definition) is 1. The summed E-state index contributed by atoms with van der Waals surface area (Å²) in [5, 5.41) is 12.9. The molecule has 0 fully saturated rings. The minimum atomic E-state index is -0.590. The molecule has 0 aliphatic rings. The molecule has 1 aromatic carbocycles. The average molecular weight is 342 g/mol. The van der Waals surface area contributed by atoms with Crippen LogP contribution in [0.15, 0.2) is 56.0 Å². The molecule has 6 heteroatoms. The van der Waals surface area contributed by atoms with Crippen LogP contribution >= 0.6 is 11.3 Å². The van der Waals surface area contributed by atoms with E-state index in [1.165, 1.54) is 11.1 Å². The average Bonchev–Trinajstić information content (AvgIpc) is 3.07. The van der Waals surface area contributed by atoms with E-state index in [1.54, 1.807) is 35.6 Å². The maximum atomic E-state index is 12.1. The van der Waals surface area contributed by atoms with Crippen molar-refractivity contribution in [2.45, 2.75) is 6.04 Å². The van der Waals surface area contributed by atoms with Gasteiger partial charge in [0.15, 0.2) is 0 Å². The van der Waals surface area contributed by atoms with Crippen molar-refractivity contribution in [3.05, 3.63) is 62.6 Å². The molecule has 124 valence electrons. The van der Waals surface area contributed by atoms with Gasteiger partial charge in [0.2, 0.25) is 0 Å². The minimum Gasteiger partial charge on any atom is -0.506 e. The van der Waals surface area contributed by atoms with Gasteiger partial charge < -0.3 is 14.4 Å². The Kier molecular flexibility index (Phi) is 4.78. The summed E-state index contributed by atoms with van der Waals surface area (Å²) in [6.45, 7) is 0.485. The first kappa shape index (κ1) is 16.4. The van der Waals surface area contributed by atoms with Crippen LogP contribution in [0.2, 0.25) is 0 Å². The second kappa shape index (κ2) is 6.98. The molecule has 0 aliphatic carbocycles. The van der Waals surface area contributed by atoms with Crippen molar-refractivity contribution in [1.29, 1.82) is 0 Å². The molecule has 3 aromatic rings. The number of aromatic hydroxyl groups is 1. The summed E-state index contributed by atoms with van der Waals surface area (Å²) in [6, 6.07) is 11.1. The molecule has 2 aromatic heterocycles. The van der Waals surface area contributed by atoms with Crippen LogP contribution in [0.3, 0.4) is 0 Å². The molecule has 5 nitrogen and oxygen atoms in total. The predicted molar refractivity (Wildman–Crippen MR) is 97.4 cm³/mol. The monoisotopic (exact) mass is 342 g/mol. The maximum absolute atomic E-state index is 12.1. The third-order valence-electron chi connectivity index (χ3n) is 3.81. The van der Waals surface area contributed by atoms with Gasteiger partial charge in [0.05, 0.1) is 18.0 Å². The van der Waals surface area contributed by atoms with Gasteiger partial charge >= 0.3 is 5.63 Å². The standard InChI is InChI=1S/C18H18N2O3S/c1-20(2)14(16-8-5-9-24-16)11-19-10-13-17(21)12-6-3-4-7-15(12)23-18(13)22/h3-10,14,21H,11H2,1-2H3. The van der Waals surface area contributed by atoms with Crippen LogP contribution in [0, 0.1) is 0 Å². The number of fused-ring (bicyclic) bond motifs is 1. The van der Waals surface area contributed by atoms with Crippen LogP contribution in [-0.2, 0) is 0 Å². The molecular formula is C18H18N2O3S. The summed E-state index contributed by atoms with van der Waals surface area (Å²) in [6.07, 6.45) is 1.40. The van der Waals surface area contributed by atoms with E-state index in [2.05, 4.69) is 16.0 Å². The molecule has 1 atom stereocenters. The van der Waals surface area contributed by atoms with Crippen molar-refractivity contribution < 1.29 is 9.52 Å². The fourth-order valence-electron chi connectivity index (χ4n) is 2.49. The number of benzene rings is 1. The Labute approximate surface area is 143 Å². The summed E-state index contributed by atoms with van der Waals surface area (Å²) < 4.78 is 5.24. The topological polar surface area (TPSA) is 66.0 Å². The van der Waals surface area contributed by atoms with Crippen LogP contribution in [0.5, 0.6) is 5.75 Å². The zero-order chi connectivity index (χ0) is 17.1. The Morgan fingerprint density at radius 1 is 1.29 bits per heavy atom. The molecule has 0 radical (unpaired) electrons. The summed E-state index contributed by atoms with van der Waals surface area (Å²) in [7, 11) is 3.98. The van der Waals surface area contributed by atoms with Gasteiger partial charge in [-0.05, 0) is 37.7 Å². The fraction of sp³-hybridized carbons (Fsp3) is 0.222. The van der Waals surface area contributed by atoms with Gasteiger partial charge in [0, 0.05) is 11.1 Å². The zero-order valence-corrected chi connectivity index (χ0v) is 14.3. The van der Waals surface area contributed by atoms with Gasteiger partial charge in [-0.25, -0.2) is 4.79 Å². The Morgan fingerprint density at radius 3 is 2.79 bits per heavy atom. The highest BCUT2D eigenvalue weighted by Crippen LogP contribution is 2.26. The van der Waals surface area contributed by atoms with Crippen molar-refractivity contribution >= 4 is 28.5 Å². The highest BCUT2D eigenvalue weighted by atomic mass is 32.1. The number of aliphatic imine (C=N–C) groups is 1. The van der Waals surface area contributed by atoms with Gasteiger partial charge in [-0.3, -0.25) is 4.99 Å². The van der Waals surface area contributed by atoms with Crippen molar-refractivity contribution in [2.24, 2.45) is 4.99 Å². The van der Waals surface area contributed by atoms with Gasteiger partial charge in [-0.15, -0.1) is 11.3 Å². The normalized spacial score (nSPS) is 13.1. The van der Waals surface area contributed by atoms with Crippen molar-refractivity contribution in [3.63, 3.8) is 0 Å². The molecule has 0 amide bonds. The largest absolute Gasteiger partial charge is 0.506 e. The highest BCUT2D eigenvalue weighted by Gasteiger charge is 2.15. The van der Waals surface area contributed by atoms with E-state index in [0.717, 1.165) is 0 Å². The van der Waals surface area contributed by atoms with E-state index in [-0.39, 0.29) is 17.4 Å². The lowest BCUT2D eigenvalue weighted by Crippen LogP contribution is -2.21. The van der Waals surface area contributed by atoms with Gasteiger partial charge in [0.1, 0.15) is 16.9 Å². The molecule has 3 rings (SSSR count). The zero-order valence-electron chi connectivity index (χ0n) is 13.5. The van der Waals surface area contributed by atoms with Crippen LogP contribution in [0.1, 0.15) is 16.5 Å². The summed E-state index contributed by atoms with van der Waals surface area (Å²) >= 11 is 1.67. The van der Waals surface area contributed by atoms with E-state index in [0.29, 0.717) is 17.5 Å². The third kappa shape index (κ3) is 3.25. The van der Waals surface area contributed by atoms with E-state index in [9.17, 15) is 9.90 Å². The third-order valence-corrected chi connectivity index (χ3v) is 4.79. The molecule has 0 bridgehead atoms. The first-order valence-electron chi connectivity index (χ1n) is 7.52. The summed E-state index contributed by atoms with van der Waals surface area (Å²) in [5.41, 5.74) is -0.147. The SMILES string of the molecule is CN(C)C(CN=Cc1c(O)c2ccccc2oc1=O)c1cccs1. The lowest BCUT2D eigenvalue weighted by molar-refractivity contribution is 0.311. The second-order valence-corrected chi connectivity index (χ2v) is 6.62. The quantitative estimate of drug-likeness (QED) is 0.571. The van der Waals surface area contributed by atoms with Crippen LogP contribution in [-0.4, -0.2) is 36.9 Å². The molecule has 1 N–H and O–H groups in total. The van der Waals surface area contributed by atoms with Crippen molar-refractivity contribution in [2.75, 3.05) is 20.6 Å². The van der Waals surface area contributed by atoms with Crippen LogP contribution in [0.4, 0.5) is 0 Å². The van der Waals surface area contributed by atoms with Crippen LogP contribution < -0.4 is 5.63 Å². The molecule has 0 saturated carbocycles.